The van der Waals surface area contributed by atoms with Crippen LogP contribution in [0.5, 0.6) is 0 Å². The van der Waals surface area contributed by atoms with Gasteiger partial charge in [0.15, 0.2) is 5.82 Å². The largest absolute Gasteiger partial charge is 0.354 e. The molecular weight excluding hydrogens is 350 g/mol. The molecule has 0 aliphatic carbocycles. The van der Waals surface area contributed by atoms with E-state index in [1.54, 1.807) is 4.90 Å². The number of hydrogen-bond donors (Lipinski definition) is 0. The van der Waals surface area contributed by atoms with Gasteiger partial charge in [0, 0.05) is 57.1 Å². The summed E-state index contributed by atoms with van der Waals surface area (Å²) >= 11 is 0. The predicted molar refractivity (Wildman–Crippen MR) is 114 cm³/mol. The number of carbonyl (C=O) groups is 1. The summed E-state index contributed by atoms with van der Waals surface area (Å²) in [6.07, 6.45) is 0.931. The third kappa shape index (κ3) is 4.26. The smallest absolute Gasteiger partial charge is 0.319 e. The van der Waals surface area contributed by atoms with Crippen molar-refractivity contribution in [2.75, 3.05) is 45.2 Å². The van der Waals surface area contributed by atoms with Gasteiger partial charge < -0.3 is 14.7 Å². The van der Waals surface area contributed by atoms with Crippen molar-refractivity contribution in [2.45, 2.75) is 33.1 Å². The van der Waals surface area contributed by atoms with Gasteiger partial charge in [-0.15, -0.1) is 0 Å². The molecule has 1 aromatic heterocycles. The molecule has 0 N–H and O–H groups in total. The number of carbonyl (C=O) groups excluding carboxylic acids is 1. The highest BCUT2D eigenvalue weighted by Gasteiger charge is 2.25. The van der Waals surface area contributed by atoms with E-state index in [9.17, 15) is 4.79 Å². The highest BCUT2D eigenvalue weighted by molar-refractivity contribution is 5.74. The summed E-state index contributed by atoms with van der Waals surface area (Å²) in [5, 5.41) is 0. The first-order chi connectivity index (χ1) is 13.4. The van der Waals surface area contributed by atoms with Gasteiger partial charge in [-0.25, -0.2) is 14.8 Å². The van der Waals surface area contributed by atoms with Gasteiger partial charge in [-0.05, 0) is 19.3 Å². The number of benzene rings is 1. The van der Waals surface area contributed by atoms with Crippen LogP contribution in [0.1, 0.15) is 37.4 Å². The third-order valence-electron chi connectivity index (χ3n) is 5.17. The molecule has 6 nitrogen and oxygen atoms in total. The maximum Gasteiger partial charge on any atom is 0.319 e. The van der Waals surface area contributed by atoms with E-state index in [4.69, 9.17) is 9.97 Å². The Balaban J connectivity index is 1.95. The lowest BCUT2D eigenvalue weighted by Gasteiger charge is -2.28. The highest BCUT2D eigenvalue weighted by atomic mass is 16.2. The monoisotopic (exact) mass is 381 g/mol. The molecule has 0 saturated carbocycles. The van der Waals surface area contributed by atoms with E-state index in [-0.39, 0.29) is 6.03 Å². The number of urea groups is 1. The maximum atomic E-state index is 12.4. The molecular formula is C22H31N5O. The fourth-order valence-corrected chi connectivity index (χ4v) is 3.80. The fraction of sp³-hybridized carbons (Fsp3) is 0.500. The van der Waals surface area contributed by atoms with Crippen LogP contribution in [0.25, 0.3) is 11.4 Å². The molecule has 0 bridgehead atoms. The number of amides is 2. The summed E-state index contributed by atoms with van der Waals surface area (Å²) in [4.78, 5) is 28.1. The molecule has 2 heterocycles. The molecule has 0 unspecified atom stereocenters. The second-order valence-corrected chi connectivity index (χ2v) is 7.90. The topological polar surface area (TPSA) is 52.6 Å². The Labute approximate surface area is 168 Å². The van der Waals surface area contributed by atoms with Crippen molar-refractivity contribution in [1.82, 2.24) is 19.8 Å². The molecule has 28 heavy (non-hydrogen) atoms. The standard InChI is InChI=1S/C22H31N5O/c1-16(2)19-17(3)23-20(18-10-7-6-8-11-18)24-21(19)26-12-9-13-27(15-14-26)22(28)25(4)5/h6-8,10-11,16H,9,12-15H2,1-5H3. The van der Waals surface area contributed by atoms with Crippen LogP contribution in [0.4, 0.5) is 10.6 Å². The first kappa shape index (κ1) is 20.1. The Kier molecular flexibility index (Phi) is 6.17. The second-order valence-electron chi connectivity index (χ2n) is 7.90. The summed E-state index contributed by atoms with van der Waals surface area (Å²) in [6.45, 7) is 9.62. The van der Waals surface area contributed by atoms with E-state index in [0.29, 0.717) is 12.5 Å². The Bertz CT molecular complexity index is 819. The van der Waals surface area contributed by atoms with E-state index in [1.807, 2.05) is 49.3 Å². The Hall–Kier alpha value is -2.63. The average molecular weight is 382 g/mol. The quantitative estimate of drug-likeness (QED) is 0.812. The molecule has 150 valence electrons. The van der Waals surface area contributed by atoms with Gasteiger partial charge in [0.2, 0.25) is 0 Å². The van der Waals surface area contributed by atoms with Gasteiger partial charge in [-0.1, -0.05) is 44.2 Å². The number of anilines is 1. The number of aryl methyl sites for hydroxylation is 1. The summed E-state index contributed by atoms with van der Waals surface area (Å²) in [6, 6.07) is 10.2. The maximum absolute atomic E-state index is 12.4. The molecule has 0 radical (unpaired) electrons. The number of hydrogen-bond acceptors (Lipinski definition) is 4. The minimum absolute atomic E-state index is 0.0785. The Morgan fingerprint density at radius 1 is 1.04 bits per heavy atom. The first-order valence-electron chi connectivity index (χ1n) is 10.0. The van der Waals surface area contributed by atoms with Crippen LogP contribution in [0.15, 0.2) is 30.3 Å². The molecule has 2 amide bonds. The Morgan fingerprint density at radius 2 is 1.75 bits per heavy atom. The highest BCUT2D eigenvalue weighted by Crippen LogP contribution is 2.31. The second kappa shape index (κ2) is 8.59. The molecule has 3 rings (SSSR count). The van der Waals surface area contributed by atoms with Crippen molar-refractivity contribution < 1.29 is 4.79 Å². The molecule has 0 spiro atoms. The van der Waals surface area contributed by atoms with Crippen LogP contribution in [0.2, 0.25) is 0 Å². The molecule has 1 aliphatic rings. The average Bonchev–Trinajstić information content (AvgIpc) is 2.93. The van der Waals surface area contributed by atoms with E-state index in [0.717, 1.165) is 49.0 Å². The predicted octanol–water partition coefficient (Wildman–Crippen LogP) is 3.77. The van der Waals surface area contributed by atoms with Crippen LogP contribution < -0.4 is 4.90 Å². The van der Waals surface area contributed by atoms with Crippen molar-refractivity contribution in [3.05, 3.63) is 41.6 Å². The van der Waals surface area contributed by atoms with E-state index in [1.165, 1.54) is 5.56 Å². The zero-order valence-electron chi connectivity index (χ0n) is 17.6. The molecule has 1 saturated heterocycles. The van der Waals surface area contributed by atoms with E-state index in [2.05, 4.69) is 25.7 Å². The lowest BCUT2D eigenvalue weighted by atomic mass is 10.0. The zero-order chi connectivity index (χ0) is 20.3. The van der Waals surface area contributed by atoms with E-state index >= 15 is 0 Å². The summed E-state index contributed by atoms with van der Waals surface area (Å²) < 4.78 is 0. The lowest BCUT2D eigenvalue weighted by Crippen LogP contribution is -2.41. The summed E-state index contributed by atoms with van der Waals surface area (Å²) in [5.74, 6) is 2.12. The molecule has 1 aromatic carbocycles. The van der Waals surface area contributed by atoms with Crippen LogP contribution in [0.3, 0.4) is 0 Å². The van der Waals surface area contributed by atoms with Crippen molar-refractivity contribution >= 4 is 11.8 Å². The zero-order valence-corrected chi connectivity index (χ0v) is 17.6. The SMILES string of the molecule is Cc1nc(-c2ccccc2)nc(N2CCCN(C(=O)N(C)C)CC2)c1C(C)C. The minimum Gasteiger partial charge on any atom is -0.354 e. The van der Waals surface area contributed by atoms with Gasteiger partial charge >= 0.3 is 6.03 Å². The van der Waals surface area contributed by atoms with E-state index < -0.39 is 0 Å². The van der Waals surface area contributed by atoms with Crippen molar-refractivity contribution in [2.24, 2.45) is 0 Å². The molecule has 2 aromatic rings. The Morgan fingerprint density at radius 3 is 2.39 bits per heavy atom. The fourth-order valence-electron chi connectivity index (χ4n) is 3.80. The van der Waals surface area contributed by atoms with Gasteiger partial charge in [-0.3, -0.25) is 0 Å². The van der Waals surface area contributed by atoms with Crippen LogP contribution >= 0.6 is 0 Å². The van der Waals surface area contributed by atoms with Crippen molar-refractivity contribution in [3.8, 4) is 11.4 Å². The number of rotatable bonds is 3. The summed E-state index contributed by atoms with van der Waals surface area (Å²) in [7, 11) is 3.61. The lowest BCUT2D eigenvalue weighted by molar-refractivity contribution is 0.174. The van der Waals surface area contributed by atoms with Crippen LogP contribution in [-0.2, 0) is 0 Å². The van der Waals surface area contributed by atoms with Gasteiger partial charge in [-0.2, -0.15) is 0 Å². The van der Waals surface area contributed by atoms with Gasteiger partial charge in [0.25, 0.3) is 0 Å². The molecule has 6 heteroatoms. The third-order valence-corrected chi connectivity index (χ3v) is 5.17. The number of nitrogens with zero attached hydrogens (tertiary/aromatic N) is 5. The normalized spacial score (nSPS) is 14.9. The first-order valence-corrected chi connectivity index (χ1v) is 10.0. The molecule has 1 aliphatic heterocycles. The summed E-state index contributed by atoms with van der Waals surface area (Å²) in [5.41, 5.74) is 3.26. The van der Waals surface area contributed by atoms with Gasteiger partial charge in [0.1, 0.15) is 5.82 Å². The minimum atomic E-state index is 0.0785. The molecule has 1 fully saturated rings. The molecule has 0 atom stereocenters. The van der Waals surface area contributed by atoms with Crippen molar-refractivity contribution in [1.29, 1.82) is 0 Å². The van der Waals surface area contributed by atoms with Crippen molar-refractivity contribution in [3.63, 3.8) is 0 Å². The van der Waals surface area contributed by atoms with Crippen LogP contribution in [-0.4, -0.2) is 66.1 Å². The van der Waals surface area contributed by atoms with Crippen LogP contribution in [0, 0.1) is 6.92 Å². The number of aromatic nitrogens is 2. The van der Waals surface area contributed by atoms with Gasteiger partial charge in [0.05, 0.1) is 0 Å².